The SMILES string of the molecule is COc1ccccc1OCC(=O)Oc1ccc(/C=C(/C#N)c2ccccc2OC)cc1OC. The van der Waals surface area contributed by atoms with E-state index >= 15 is 0 Å². The highest BCUT2D eigenvalue weighted by Crippen LogP contribution is 2.32. The van der Waals surface area contributed by atoms with Gasteiger partial charge in [0.15, 0.2) is 29.6 Å². The number of nitriles is 1. The lowest BCUT2D eigenvalue weighted by Crippen LogP contribution is -2.18. The Hall–Kier alpha value is -4.44. The number of benzene rings is 3. The van der Waals surface area contributed by atoms with Crippen LogP contribution in [-0.2, 0) is 4.79 Å². The molecule has 0 fully saturated rings. The lowest BCUT2D eigenvalue weighted by Gasteiger charge is -2.12. The normalized spacial score (nSPS) is 10.7. The third-order valence-corrected chi connectivity index (χ3v) is 4.65. The van der Waals surface area contributed by atoms with Crippen LogP contribution in [-0.4, -0.2) is 33.9 Å². The van der Waals surface area contributed by atoms with Crippen LogP contribution in [0.5, 0.6) is 28.7 Å². The molecule has 3 aromatic rings. The van der Waals surface area contributed by atoms with Crippen LogP contribution in [0.4, 0.5) is 0 Å². The van der Waals surface area contributed by atoms with E-state index in [0.29, 0.717) is 39.7 Å². The molecule has 0 atom stereocenters. The fourth-order valence-electron chi connectivity index (χ4n) is 3.09. The molecule has 0 heterocycles. The van der Waals surface area contributed by atoms with Gasteiger partial charge in [-0.2, -0.15) is 5.26 Å². The highest BCUT2D eigenvalue weighted by Gasteiger charge is 2.14. The molecule has 0 saturated heterocycles. The fourth-order valence-corrected chi connectivity index (χ4v) is 3.09. The predicted molar refractivity (Wildman–Crippen MR) is 124 cm³/mol. The molecule has 168 valence electrons. The minimum absolute atomic E-state index is 0.235. The first-order chi connectivity index (χ1) is 16.1. The van der Waals surface area contributed by atoms with E-state index in [-0.39, 0.29) is 12.4 Å². The Morgan fingerprint density at radius 1 is 0.818 bits per heavy atom. The number of methoxy groups -OCH3 is 3. The summed E-state index contributed by atoms with van der Waals surface area (Å²) in [7, 11) is 4.54. The first-order valence-electron chi connectivity index (χ1n) is 9.99. The summed E-state index contributed by atoms with van der Waals surface area (Å²) in [5, 5.41) is 9.65. The second-order valence-electron chi connectivity index (χ2n) is 6.69. The van der Waals surface area contributed by atoms with Crippen LogP contribution >= 0.6 is 0 Å². The summed E-state index contributed by atoms with van der Waals surface area (Å²) in [5.41, 5.74) is 1.79. The van der Waals surface area contributed by atoms with Crippen LogP contribution in [0.1, 0.15) is 11.1 Å². The number of ether oxygens (including phenoxy) is 5. The van der Waals surface area contributed by atoms with E-state index < -0.39 is 5.97 Å². The molecule has 0 amide bonds. The Labute approximate surface area is 192 Å². The molecule has 3 aromatic carbocycles. The maximum atomic E-state index is 12.3. The zero-order valence-corrected chi connectivity index (χ0v) is 18.5. The van der Waals surface area contributed by atoms with Crippen molar-refractivity contribution in [2.24, 2.45) is 0 Å². The molecular weight excluding hydrogens is 422 g/mol. The van der Waals surface area contributed by atoms with Crippen molar-refractivity contribution in [3.05, 3.63) is 77.9 Å². The predicted octanol–water partition coefficient (Wildman–Crippen LogP) is 4.76. The zero-order valence-electron chi connectivity index (χ0n) is 18.5. The molecule has 7 heteroatoms. The quantitative estimate of drug-likeness (QED) is 0.203. The Bertz CT molecular complexity index is 1200. The largest absolute Gasteiger partial charge is 0.496 e. The van der Waals surface area contributed by atoms with Crippen molar-refractivity contribution in [1.82, 2.24) is 0 Å². The van der Waals surface area contributed by atoms with Gasteiger partial charge < -0.3 is 23.7 Å². The van der Waals surface area contributed by atoms with Gasteiger partial charge >= 0.3 is 5.97 Å². The van der Waals surface area contributed by atoms with Gasteiger partial charge in [0.25, 0.3) is 0 Å². The maximum Gasteiger partial charge on any atom is 0.349 e. The average Bonchev–Trinajstić information content (AvgIpc) is 2.86. The highest BCUT2D eigenvalue weighted by atomic mass is 16.6. The number of hydrogen-bond acceptors (Lipinski definition) is 7. The van der Waals surface area contributed by atoms with E-state index in [1.165, 1.54) is 14.2 Å². The standard InChI is InChI=1S/C26H23NO6/c1-29-21-9-5-4-8-20(21)19(16-27)14-18-12-13-24(25(15-18)31-3)33-26(28)17-32-23-11-7-6-10-22(23)30-2/h4-15H,17H2,1-3H3/b19-14-. The van der Waals surface area contributed by atoms with Gasteiger partial charge in [-0.3, -0.25) is 0 Å². The molecule has 0 saturated carbocycles. The minimum atomic E-state index is -0.603. The zero-order chi connectivity index (χ0) is 23.6. The van der Waals surface area contributed by atoms with Gasteiger partial charge in [-0.15, -0.1) is 0 Å². The fraction of sp³-hybridized carbons (Fsp3) is 0.154. The summed E-state index contributed by atoms with van der Waals surface area (Å²) < 4.78 is 26.8. The van der Waals surface area contributed by atoms with Crippen molar-refractivity contribution >= 4 is 17.6 Å². The van der Waals surface area contributed by atoms with E-state index in [0.717, 1.165) is 0 Å². The number of allylic oxidation sites excluding steroid dienone is 1. The highest BCUT2D eigenvalue weighted by molar-refractivity contribution is 5.92. The molecule has 0 radical (unpaired) electrons. The van der Waals surface area contributed by atoms with Gasteiger partial charge in [0, 0.05) is 5.56 Å². The summed E-state index contributed by atoms with van der Waals surface area (Å²) in [6.07, 6.45) is 1.71. The van der Waals surface area contributed by atoms with Crippen molar-refractivity contribution < 1.29 is 28.5 Å². The summed E-state index contributed by atoms with van der Waals surface area (Å²) >= 11 is 0. The van der Waals surface area contributed by atoms with Crippen molar-refractivity contribution in [1.29, 1.82) is 5.26 Å². The maximum absolute atomic E-state index is 12.3. The van der Waals surface area contributed by atoms with E-state index in [1.54, 1.807) is 61.7 Å². The third-order valence-electron chi connectivity index (χ3n) is 4.65. The minimum Gasteiger partial charge on any atom is -0.496 e. The Morgan fingerprint density at radius 2 is 1.45 bits per heavy atom. The lowest BCUT2D eigenvalue weighted by atomic mass is 10.0. The van der Waals surface area contributed by atoms with E-state index in [9.17, 15) is 10.1 Å². The van der Waals surface area contributed by atoms with Crippen molar-refractivity contribution in [3.63, 3.8) is 0 Å². The van der Waals surface area contributed by atoms with E-state index in [2.05, 4.69) is 6.07 Å². The third kappa shape index (κ3) is 5.83. The molecule has 0 unspecified atom stereocenters. The molecule has 0 spiro atoms. The first-order valence-corrected chi connectivity index (χ1v) is 9.99. The van der Waals surface area contributed by atoms with Gasteiger partial charge in [-0.25, -0.2) is 4.79 Å². The van der Waals surface area contributed by atoms with Crippen LogP contribution in [0.15, 0.2) is 66.7 Å². The number of esters is 1. The molecule has 0 N–H and O–H groups in total. The number of para-hydroxylation sites is 3. The Kier molecular flexibility index (Phi) is 7.92. The smallest absolute Gasteiger partial charge is 0.349 e. The van der Waals surface area contributed by atoms with Crippen LogP contribution < -0.4 is 23.7 Å². The monoisotopic (exact) mass is 445 g/mol. The molecular formula is C26H23NO6. The molecule has 0 aliphatic rings. The van der Waals surface area contributed by atoms with Gasteiger partial charge in [0.2, 0.25) is 0 Å². The number of nitrogens with zero attached hydrogens (tertiary/aromatic N) is 1. The molecule has 7 nitrogen and oxygen atoms in total. The van der Waals surface area contributed by atoms with E-state index in [4.69, 9.17) is 23.7 Å². The van der Waals surface area contributed by atoms with Gasteiger partial charge in [-0.05, 0) is 48.0 Å². The summed E-state index contributed by atoms with van der Waals surface area (Å²) in [4.78, 5) is 12.3. The number of carbonyl (C=O) groups excluding carboxylic acids is 1. The summed E-state index contributed by atoms with van der Waals surface area (Å²) in [6, 6.07) is 21.5. The van der Waals surface area contributed by atoms with Crippen LogP contribution in [0.2, 0.25) is 0 Å². The average molecular weight is 445 g/mol. The van der Waals surface area contributed by atoms with Crippen LogP contribution in [0, 0.1) is 11.3 Å². The molecule has 0 aromatic heterocycles. The first kappa shape index (κ1) is 23.2. The molecule has 3 rings (SSSR count). The topological polar surface area (TPSA) is 87.0 Å². The van der Waals surface area contributed by atoms with Crippen molar-refractivity contribution in [3.8, 4) is 34.8 Å². The second kappa shape index (κ2) is 11.3. The number of hydrogen-bond donors (Lipinski definition) is 0. The van der Waals surface area contributed by atoms with Gasteiger partial charge in [0.1, 0.15) is 5.75 Å². The van der Waals surface area contributed by atoms with Crippen LogP contribution in [0.25, 0.3) is 11.6 Å². The lowest BCUT2D eigenvalue weighted by molar-refractivity contribution is -0.136. The summed E-state index contributed by atoms with van der Waals surface area (Å²) in [5.74, 6) is 1.52. The molecule has 0 aliphatic heterocycles. The van der Waals surface area contributed by atoms with Crippen molar-refractivity contribution in [2.75, 3.05) is 27.9 Å². The van der Waals surface area contributed by atoms with Crippen molar-refractivity contribution in [2.45, 2.75) is 0 Å². The second-order valence-corrected chi connectivity index (χ2v) is 6.69. The molecule has 0 bridgehead atoms. The molecule has 33 heavy (non-hydrogen) atoms. The van der Waals surface area contributed by atoms with Gasteiger partial charge in [-0.1, -0.05) is 30.3 Å². The Morgan fingerprint density at radius 3 is 2.12 bits per heavy atom. The number of carbonyl (C=O) groups is 1. The number of rotatable bonds is 9. The summed E-state index contributed by atoms with van der Waals surface area (Å²) in [6.45, 7) is -0.308. The van der Waals surface area contributed by atoms with Gasteiger partial charge in [0.05, 0.1) is 33.0 Å². The Balaban J connectivity index is 1.76. The van der Waals surface area contributed by atoms with E-state index in [1.807, 2.05) is 18.2 Å². The van der Waals surface area contributed by atoms with Crippen LogP contribution in [0.3, 0.4) is 0 Å². The molecule has 0 aliphatic carbocycles.